The number of hydrogen-bond donors (Lipinski definition) is 3. The van der Waals surface area contributed by atoms with Crippen LogP contribution >= 0.6 is 0 Å². The molecule has 1 aliphatic rings. The molecule has 1 saturated heterocycles. The SMILES string of the molecule is C#CCO[C@@H]1OC(C)[C@H](O)C(O)C1O. The average Bonchev–Trinajstić information content (AvgIpc) is 2.18. The Hall–Kier alpha value is -0.640. The van der Waals surface area contributed by atoms with Gasteiger partial charge in [0.05, 0.1) is 6.10 Å². The summed E-state index contributed by atoms with van der Waals surface area (Å²) in [5, 5.41) is 28.1. The minimum Gasteiger partial charge on any atom is -0.388 e. The van der Waals surface area contributed by atoms with Crippen LogP contribution in [-0.4, -0.2) is 52.6 Å². The van der Waals surface area contributed by atoms with Crippen LogP contribution in [0.25, 0.3) is 0 Å². The molecule has 3 unspecified atom stereocenters. The van der Waals surface area contributed by atoms with Gasteiger partial charge in [0.15, 0.2) is 6.29 Å². The Balaban J connectivity index is 2.57. The van der Waals surface area contributed by atoms with Crippen molar-refractivity contribution in [2.75, 3.05) is 6.61 Å². The Labute approximate surface area is 82.3 Å². The Kier molecular flexibility index (Phi) is 3.86. The van der Waals surface area contributed by atoms with Crippen LogP contribution in [0.1, 0.15) is 6.92 Å². The lowest BCUT2D eigenvalue weighted by atomic mass is 10.0. The van der Waals surface area contributed by atoms with Gasteiger partial charge in [-0.05, 0) is 6.92 Å². The number of terminal acetylenes is 1. The standard InChI is InChI=1S/C9H14O5/c1-3-4-13-9-8(12)7(11)6(10)5(2)14-9/h1,5-12H,4H2,2H3/t5?,6-,7?,8?,9+/m0/s1. The van der Waals surface area contributed by atoms with Crippen molar-refractivity contribution in [3.05, 3.63) is 0 Å². The summed E-state index contributed by atoms with van der Waals surface area (Å²) in [6.07, 6.45) is -0.298. The Bertz CT molecular complexity index is 224. The van der Waals surface area contributed by atoms with Crippen molar-refractivity contribution >= 4 is 0 Å². The highest BCUT2D eigenvalue weighted by atomic mass is 16.7. The second-order valence-electron chi connectivity index (χ2n) is 3.20. The van der Waals surface area contributed by atoms with Gasteiger partial charge in [-0.2, -0.15) is 0 Å². The normalized spacial score (nSPS) is 43.2. The van der Waals surface area contributed by atoms with Gasteiger partial charge in [-0.15, -0.1) is 6.42 Å². The maximum atomic E-state index is 9.42. The minimum atomic E-state index is -1.28. The number of rotatable bonds is 2. The van der Waals surface area contributed by atoms with Crippen LogP contribution in [0.15, 0.2) is 0 Å². The Morgan fingerprint density at radius 1 is 1.29 bits per heavy atom. The van der Waals surface area contributed by atoms with Crippen molar-refractivity contribution in [1.82, 2.24) is 0 Å². The first kappa shape index (κ1) is 11.4. The average molecular weight is 202 g/mol. The van der Waals surface area contributed by atoms with E-state index in [1.807, 2.05) is 0 Å². The van der Waals surface area contributed by atoms with Gasteiger partial charge in [0.1, 0.15) is 24.9 Å². The van der Waals surface area contributed by atoms with E-state index >= 15 is 0 Å². The summed E-state index contributed by atoms with van der Waals surface area (Å²) in [6, 6.07) is 0. The van der Waals surface area contributed by atoms with E-state index in [1.165, 1.54) is 0 Å². The van der Waals surface area contributed by atoms with E-state index in [2.05, 4.69) is 5.92 Å². The molecule has 1 fully saturated rings. The molecule has 5 atom stereocenters. The minimum absolute atomic E-state index is 0.0166. The molecule has 0 bridgehead atoms. The summed E-state index contributed by atoms with van der Waals surface area (Å²) < 4.78 is 10.1. The van der Waals surface area contributed by atoms with Gasteiger partial charge in [-0.1, -0.05) is 5.92 Å². The van der Waals surface area contributed by atoms with E-state index in [1.54, 1.807) is 6.92 Å². The molecule has 1 heterocycles. The fourth-order valence-corrected chi connectivity index (χ4v) is 1.28. The van der Waals surface area contributed by atoms with E-state index in [9.17, 15) is 15.3 Å². The van der Waals surface area contributed by atoms with Gasteiger partial charge in [0.2, 0.25) is 0 Å². The summed E-state index contributed by atoms with van der Waals surface area (Å²) in [7, 11) is 0. The Morgan fingerprint density at radius 3 is 2.50 bits per heavy atom. The molecule has 5 heteroatoms. The summed E-state index contributed by atoms with van der Waals surface area (Å²) in [5.74, 6) is 2.22. The summed E-state index contributed by atoms with van der Waals surface area (Å²) in [5.41, 5.74) is 0. The van der Waals surface area contributed by atoms with Gasteiger partial charge in [-0.25, -0.2) is 0 Å². The summed E-state index contributed by atoms with van der Waals surface area (Å²) >= 11 is 0. The van der Waals surface area contributed by atoms with Crippen LogP contribution in [0.3, 0.4) is 0 Å². The second kappa shape index (κ2) is 4.73. The number of hydrogen-bond acceptors (Lipinski definition) is 5. The molecule has 1 aliphatic heterocycles. The lowest BCUT2D eigenvalue weighted by Gasteiger charge is -2.38. The molecular formula is C9H14O5. The smallest absolute Gasteiger partial charge is 0.187 e. The highest BCUT2D eigenvalue weighted by molar-refractivity contribution is 4.89. The Morgan fingerprint density at radius 2 is 1.93 bits per heavy atom. The zero-order valence-corrected chi connectivity index (χ0v) is 7.83. The topological polar surface area (TPSA) is 79.2 Å². The predicted octanol–water partition coefficient (Wildman–Crippen LogP) is -1.54. The highest BCUT2D eigenvalue weighted by Crippen LogP contribution is 2.21. The van der Waals surface area contributed by atoms with Crippen LogP contribution in [0.5, 0.6) is 0 Å². The zero-order chi connectivity index (χ0) is 10.7. The van der Waals surface area contributed by atoms with Crippen molar-refractivity contribution in [2.45, 2.75) is 37.6 Å². The van der Waals surface area contributed by atoms with Crippen LogP contribution < -0.4 is 0 Å². The third-order valence-corrected chi connectivity index (χ3v) is 2.14. The van der Waals surface area contributed by atoms with Crippen LogP contribution in [0, 0.1) is 12.3 Å². The quantitative estimate of drug-likeness (QED) is 0.473. The maximum Gasteiger partial charge on any atom is 0.187 e. The fraction of sp³-hybridized carbons (Fsp3) is 0.778. The van der Waals surface area contributed by atoms with E-state index in [0.29, 0.717) is 0 Å². The van der Waals surface area contributed by atoms with Crippen molar-refractivity contribution in [2.24, 2.45) is 0 Å². The number of aliphatic hydroxyl groups excluding tert-OH is 3. The molecule has 0 radical (unpaired) electrons. The predicted molar refractivity (Wildman–Crippen MR) is 47.1 cm³/mol. The largest absolute Gasteiger partial charge is 0.388 e. The molecule has 0 saturated carbocycles. The van der Waals surface area contributed by atoms with Gasteiger partial charge < -0.3 is 24.8 Å². The van der Waals surface area contributed by atoms with Gasteiger partial charge in [0, 0.05) is 0 Å². The lowest BCUT2D eigenvalue weighted by molar-refractivity contribution is -0.289. The molecule has 0 aliphatic carbocycles. The molecule has 0 aromatic carbocycles. The molecule has 3 N–H and O–H groups in total. The fourth-order valence-electron chi connectivity index (χ4n) is 1.28. The first-order chi connectivity index (χ1) is 6.57. The third kappa shape index (κ3) is 2.23. The highest BCUT2D eigenvalue weighted by Gasteiger charge is 2.42. The monoisotopic (exact) mass is 202 g/mol. The van der Waals surface area contributed by atoms with E-state index < -0.39 is 30.7 Å². The molecule has 0 aromatic rings. The van der Waals surface area contributed by atoms with Gasteiger partial charge >= 0.3 is 0 Å². The number of ether oxygens (including phenoxy) is 2. The van der Waals surface area contributed by atoms with Crippen LogP contribution in [-0.2, 0) is 9.47 Å². The van der Waals surface area contributed by atoms with Crippen molar-refractivity contribution in [3.8, 4) is 12.3 Å². The second-order valence-corrected chi connectivity index (χ2v) is 3.20. The van der Waals surface area contributed by atoms with Gasteiger partial charge in [-0.3, -0.25) is 0 Å². The molecule has 14 heavy (non-hydrogen) atoms. The summed E-state index contributed by atoms with van der Waals surface area (Å²) in [6.45, 7) is 1.56. The molecule has 1 rings (SSSR count). The van der Waals surface area contributed by atoms with E-state index in [4.69, 9.17) is 15.9 Å². The van der Waals surface area contributed by atoms with Crippen molar-refractivity contribution in [1.29, 1.82) is 0 Å². The molecule has 0 amide bonds. The van der Waals surface area contributed by atoms with E-state index in [-0.39, 0.29) is 6.61 Å². The molecule has 0 spiro atoms. The zero-order valence-electron chi connectivity index (χ0n) is 7.83. The molecule has 5 nitrogen and oxygen atoms in total. The van der Waals surface area contributed by atoms with E-state index in [0.717, 1.165) is 0 Å². The van der Waals surface area contributed by atoms with Crippen molar-refractivity contribution in [3.63, 3.8) is 0 Å². The summed E-state index contributed by atoms with van der Waals surface area (Å²) in [4.78, 5) is 0. The molecule has 0 aromatic heterocycles. The first-order valence-electron chi connectivity index (χ1n) is 4.32. The van der Waals surface area contributed by atoms with Crippen LogP contribution in [0.2, 0.25) is 0 Å². The van der Waals surface area contributed by atoms with Crippen molar-refractivity contribution < 1.29 is 24.8 Å². The third-order valence-electron chi connectivity index (χ3n) is 2.14. The van der Waals surface area contributed by atoms with Gasteiger partial charge in [0.25, 0.3) is 0 Å². The lowest BCUT2D eigenvalue weighted by Crippen LogP contribution is -2.57. The number of aliphatic hydroxyl groups is 3. The maximum absolute atomic E-state index is 9.42. The first-order valence-corrected chi connectivity index (χ1v) is 4.32. The molecular weight excluding hydrogens is 188 g/mol. The van der Waals surface area contributed by atoms with Crippen LogP contribution in [0.4, 0.5) is 0 Å². The molecule has 80 valence electrons.